The fraction of sp³-hybridized carbons (Fsp3) is 0.440. The molecule has 34 heavy (non-hydrogen) atoms. The molecule has 2 N–H and O–H groups in total. The van der Waals surface area contributed by atoms with Gasteiger partial charge < -0.3 is 20.2 Å². The smallest absolute Gasteiger partial charge is 0.246 e. The maximum atomic E-state index is 13.3. The number of amides is 2. The largest absolute Gasteiger partial charge is 0.394 e. The lowest BCUT2D eigenvalue weighted by Crippen LogP contribution is -2.54. The number of likely N-dealkylation sites (tertiary alicyclic amines) is 1. The quantitative estimate of drug-likeness (QED) is 0.566. The minimum absolute atomic E-state index is 0.0619. The Kier molecular flexibility index (Phi) is 8.63. The Morgan fingerprint density at radius 2 is 2.06 bits per heavy atom. The molecular formula is C25H32ClN5O3. The van der Waals surface area contributed by atoms with Gasteiger partial charge in [-0.05, 0) is 30.5 Å². The van der Waals surface area contributed by atoms with Crippen LogP contribution in [0.3, 0.4) is 0 Å². The molecule has 0 radical (unpaired) electrons. The predicted octanol–water partition coefficient (Wildman–Crippen LogP) is 3.04. The van der Waals surface area contributed by atoms with Gasteiger partial charge in [0, 0.05) is 25.4 Å². The van der Waals surface area contributed by atoms with Crippen LogP contribution in [0.15, 0.2) is 49.6 Å². The number of nitrogens with zero attached hydrogens (tertiary/aromatic N) is 4. The fourth-order valence-electron chi connectivity index (χ4n) is 4.42. The highest BCUT2D eigenvalue weighted by Gasteiger charge is 2.39. The van der Waals surface area contributed by atoms with Crippen molar-refractivity contribution in [3.8, 4) is 11.3 Å². The first-order chi connectivity index (χ1) is 16.3. The molecule has 8 nitrogen and oxygen atoms in total. The molecule has 1 aliphatic rings. The van der Waals surface area contributed by atoms with Gasteiger partial charge in [-0.2, -0.15) is 0 Å². The third kappa shape index (κ3) is 5.56. The number of hydrogen-bond acceptors (Lipinski definition) is 6. The van der Waals surface area contributed by atoms with Gasteiger partial charge in [0.15, 0.2) is 0 Å². The van der Waals surface area contributed by atoms with Crippen molar-refractivity contribution in [3.05, 3.63) is 60.2 Å². The van der Waals surface area contributed by atoms with Gasteiger partial charge in [-0.25, -0.2) is 9.97 Å². The molecule has 2 aromatic rings. The van der Waals surface area contributed by atoms with Crippen molar-refractivity contribution in [2.24, 2.45) is 5.92 Å². The van der Waals surface area contributed by atoms with Crippen molar-refractivity contribution >= 4 is 23.4 Å². The van der Waals surface area contributed by atoms with Crippen molar-refractivity contribution in [2.45, 2.75) is 44.8 Å². The Hall–Kier alpha value is -2.97. The summed E-state index contributed by atoms with van der Waals surface area (Å²) >= 11 is 6.18. The number of halogens is 1. The van der Waals surface area contributed by atoms with Crippen molar-refractivity contribution in [1.82, 2.24) is 25.1 Å². The molecule has 0 unspecified atom stereocenters. The van der Waals surface area contributed by atoms with Crippen molar-refractivity contribution in [3.63, 3.8) is 0 Å². The van der Waals surface area contributed by atoms with Crippen LogP contribution in [0.5, 0.6) is 0 Å². The summed E-state index contributed by atoms with van der Waals surface area (Å²) in [5.74, 6) is -0.287. The molecule has 0 saturated carbocycles. The van der Waals surface area contributed by atoms with Crippen LogP contribution in [-0.2, 0) is 9.59 Å². The number of aliphatic hydroxyl groups excluding tert-OH is 1. The van der Waals surface area contributed by atoms with E-state index in [1.54, 1.807) is 16.0 Å². The molecule has 182 valence electrons. The first kappa shape index (κ1) is 25.6. The highest BCUT2D eigenvalue weighted by atomic mass is 35.5. The number of nitrogens with one attached hydrogen (secondary N) is 1. The van der Waals surface area contributed by atoms with E-state index >= 15 is 0 Å². The minimum Gasteiger partial charge on any atom is -0.394 e. The summed E-state index contributed by atoms with van der Waals surface area (Å²) in [7, 11) is 1.82. The van der Waals surface area contributed by atoms with Crippen LogP contribution in [0, 0.1) is 5.92 Å². The molecule has 2 amide bonds. The predicted molar refractivity (Wildman–Crippen MR) is 132 cm³/mol. The minimum atomic E-state index is -0.600. The Bertz CT molecular complexity index is 1010. The van der Waals surface area contributed by atoms with Crippen molar-refractivity contribution < 1.29 is 14.7 Å². The van der Waals surface area contributed by atoms with Gasteiger partial charge in [0.25, 0.3) is 0 Å². The number of aliphatic hydroxyl groups is 1. The van der Waals surface area contributed by atoms with Crippen LogP contribution < -0.4 is 5.32 Å². The molecule has 1 aliphatic heterocycles. The molecule has 3 atom stereocenters. The summed E-state index contributed by atoms with van der Waals surface area (Å²) in [6, 6.07) is 5.75. The lowest BCUT2D eigenvalue weighted by Gasteiger charge is -2.35. The normalized spacial score (nSPS) is 17.4. The van der Waals surface area contributed by atoms with E-state index in [-0.39, 0.29) is 30.4 Å². The fourth-order valence-corrected chi connectivity index (χ4v) is 4.63. The standard InChI is InChI=1S/C25H32ClN5O3/c1-5-30(4)23(16(2)3)25(34)31-12-6-7-21(31)24(33)29-20(14-32)17-8-10-18(11-9-17)22-19(26)13-27-15-28-22/h5,8-11,13,15-16,20-21,23,32H,1,6-7,12,14H2,2-4H3,(H,29,33)/t20-,21-,23-/m0/s1. The number of carbonyl (C=O) groups is 2. The number of hydrogen-bond donors (Lipinski definition) is 2. The molecule has 0 bridgehead atoms. The third-order valence-electron chi connectivity index (χ3n) is 6.20. The molecule has 2 heterocycles. The van der Waals surface area contributed by atoms with Gasteiger partial charge in [-0.1, -0.05) is 56.3 Å². The zero-order chi connectivity index (χ0) is 24.8. The van der Waals surface area contributed by atoms with E-state index in [1.807, 2.05) is 45.2 Å². The first-order valence-electron chi connectivity index (χ1n) is 11.4. The van der Waals surface area contributed by atoms with Crippen LogP contribution in [0.2, 0.25) is 5.02 Å². The summed E-state index contributed by atoms with van der Waals surface area (Å²) < 4.78 is 0. The lowest BCUT2D eigenvalue weighted by atomic mass is 10.0. The Morgan fingerprint density at radius 3 is 2.65 bits per heavy atom. The Labute approximate surface area is 205 Å². The zero-order valence-electron chi connectivity index (χ0n) is 19.8. The number of aromatic nitrogens is 2. The maximum absolute atomic E-state index is 13.3. The lowest BCUT2D eigenvalue weighted by molar-refractivity contribution is -0.143. The summed E-state index contributed by atoms with van der Waals surface area (Å²) in [6.07, 6.45) is 5.93. The van der Waals surface area contributed by atoms with Crippen LogP contribution in [-0.4, -0.2) is 69.0 Å². The number of carbonyl (C=O) groups excluding carboxylic acids is 2. The summed E-state index contributed by atoms with van der Waals surface area (Å²) in [4.78, 5) is 38.1. The van der Waals surface area contributed by atoms with E-state index in [0.717, 1.165) is 17.5 Å². The van der Waals surface area contributed by atoms with Crippen LogP contribution in [0.25, 0.3) is 11.3 Å². The summed E-state index contributed by atoms with van der Waals surface area (Å²) in [5, 5.41) is 13.4. The average Bonchev–Trinajstić information content (AvgIpc) is 3.33. The molecule has 1 saturated heterocycles. The van der Waals surface area contributed by atoms with E-state index in [0.29, 0.717) is 23.7 Å². The van der Waals surface area contributed by atoms with E-state index in [4.69, 9.17) is 11.6 Å². The number of benzene rings is 1. The third-order valence-corrected chi connectivity index (χ3v) is 6.48. The maximum Gasteiger partial charge on any atom is 0.246 e. The van der Waals surface area contributed by atoms with Gasteiger partial charge in [0.05, 0.1) is 23.4 Å². The van der Waals surface area contributed by atoms with E-state index in [9.17, 15) is 14.7 Å². The van der Waals surface area contributed by atoms with Crippen molar-refractivity contribution in [2.75, 3.05) is 20.2 Å². The second-order valence-corrected chi connectivity index (χ2v) is 9.22. The second-order valence-electron chi connectivity index (χ2n) is 8.81. The molecular weight excluding hydrogens is 454 g/mol. The van der Waals surface area contributed by atoms with Gasteiger partial charge in [0.2, 0.25) is 11.8 Å². The Morgan fingerprint density at radius 1 is 1.35 bits per heavy atom. The molecule has 3 rings (SSSR count). The van der Waals surface area contributed by atoms with Crippen LogP contribution >= 0.6 is 11.6 Å². The van der Waals surface area contributed by atoms with Gasteiger partial charge >= 0.3 is 0 Å². The molecule has 0 aliphatic carbocycles. The molecule has 9 heteroatoms. The zero-order valence-corrected chi connectivity index (χ0v) is 20.6. The van der Waals surface area contributed by atoms with E-state index in [1.165, 1.54) is 12.5 Å². The number of likely N-dealkylation sites (N-methyl/N-ethyl adjacent to an activating group) is 1. The molecule has 0 spiro atoms. The second kappa shape index (κ2) is 11.4. The van der Waals surface area contributed by atoms with E-state index < -0.39 is 12.1 Å². The molecule has 1 aromatic carbocycles. The van der Waals surface area contributed by atoms with Crippen molar-refractivity contribution in [1.29, 1.82) is 0 Å². The summed E-state index contributed by atoms with van der Waals surface area (Å²) in [5.41, 5.74) is 2.15. The average molecular weight is 486 g/mol. The topological polar surface area (TPSA) is 98.7 Å². The van der Waals surface area contributed by atoms with Gasteiger partial charge in [-0.15, -0.1) is 0 Å². The monoisotopic (exact) mass is 485 g/mol. The first-order valence-corrected chi connectivity index (χ1v) is 11.8. The molecule has 1 fully saturated rings. The summed E-state index contributed by atoms with van der Waals surface area (Å²) in [6.45, 7) is 8.00. The van der Waals surface area contributed by atoms with E-state index in [2.05, 4.69) is 21.9 Å². The Balaban J connectivity index is 1.73. The molecule has 1 aromatic heterocycles. The number of rotatable bonds is 9. The SMILES string of the molecule is C=CN(C)[C@H](C(=O)N1CCC[C@H]1C(=O)N[C@@H](CO)c1ccc(-c2ncncc2Cl)cc1)C(C)C. The van der Waals surface area contributed by atoms with Gasteiger partial charge in [0.1, 0.15) is 18.4 Å². The van der Waals surface area contributed by atoms with Crippen LogP contribution in [0.1, 0.15) is 38.3 Å². The van der Waals surface area contributed by atoms with Crippen LogP contribution in [0.4, 0.5) is 0 Å². The highest BCUT2D eigenvalue weighted by Crippen LogP contribution is 2.27. The van der Waals surface area contributed by atoms with Gasteiger partial charge in [-0.3, -0.25) is 9.59 Å². The highest BCUT2D eigenvalue weighted by molar-refractivity contribution is 6.32.